The topological polar surface area (TPSA) is 139 Å². The van der Waals surface area contributed by atoms with Gasteiger partial charge < -0.3 is 20.5 Å². The molecule has 16 heteroatoms. The summed E-state index contributed by atoms with van der Waals surface area (Å²) in [5.41, 5.74) is 7.16. The Hall–Kier alpha value is -3.79. The van der Waals surface area contributed by atoms with Crippen LogP contribution in [-0.4, -0.2) is 67.3 Å². The molecule has 0 aromatic heterocycles. The highest BCUT2D eigenvalue weighted by Crippen LogP contribution is 2.40. The largest absolute Gasteiger partial charge is 0.493 e. The summed E-state index contributed by atoms with van der Waals surface area (Å²) in [6.45, 7) is 0.547. The van der Waals surface area contributed by atoms with Gasteiger partial charge in [-0.3, -0.25) is 4.79 Å². The van der Waals surface area contributed by atoms with Gasteiger partial charge in [-0.25, -0.2) is 13.2 Å². The van der Waals surface area contributed by atoms with Crippen LogP contribution in [0.1, 0.15) is 63.4 Å². The SMILES string of the molecule is NC1CC2CCC(C1)N2C(=O)[C@@H](NS(=O)(=O)c1ccc(OCC2CCCCC2)cc1)C(F)(F)c1ccc(-c2ccc(Cl)cc2)cc1.O=C(O)C(F)(F)F. The van der Waals surface area contributed by atoms with Gasteiger partial charge in [0.05, 0.1) is 11.5 Å². The van der Waals surface area contributed by atoms with Gasteiger partial charge in [0.2, 0.25) is 15.9 Å². The maximum atomic E-state index is 16.5. The van der Waals surface area contributed by atoms with Crippen molar-refractivity contribution < 1.29 is 49.8 Å². The van der Waals surface area contributed by atoms with E-state index < -0.39 is 45.6 Å². The van der Waals surface area contributed by atoms with E-state index in [2.05, 4.69) is 4.72 Å². The third-order valence-electron chi connectivity index (χ3n) is 9.94. The van der Waals surface area contributed by atoms with Crippen LogP contribution in [0.2, 0.25) is 5.02 Å². The molecule has 53 heavy (non-hydrogen) atoms. The van der Waals surface area contributed by atoms with Gasteiger partial charge in [0, 0.05) is 28.7 Å². The number of aliphatic carboxylic acids is 1. The lowest BCUT2D eigenvalue weighted by Gasteiger charge is -2.41. The Morgan fingerprint density at radius 3 is 1.87 bits per heavy atom. The molecule has 288 valence electrons. The van der Waals surface area contributed by atoms with Gasteiger partial charge in [0.15, 0.2) is 6.04 Å². The molecule has 3 fully saturated rings. The smallest absolute Gasteiger partial charge is 0.490 e. The minimum absolute atomic E-state index is 0.128. The maximum absolute atomic E-state index is 16.5. The molecule has 9 nitrogen and oxygen atoms in total. The molecule has 0 spiro atoms. The summed E-state index contributed by atoms with van der Waals surface area (Å²) in [5, 5.41) is 7.68. The molecule has 3 aromatic rings. The third kappa shape index (κ3) is 10.0. The minimum Gasteiger partial charge on any atom is -0.493 e. The Morgan fingerprint density at radius 2 is 1.36 bits per heavy atom. The van der Waals surface area contributed by atoms with Crippen molar-refractivity contribution in [3.05, 3.63) is 83.4 Å². The number of fused-ring (bicyclic) bond motifs is 2. The molecule has 3 aromatic carbocycles. The average molecular weight is 786 g/mol. The summed E-state index contributed by atoms with van der Waals surface area (Å²) in [4.78, 5) is 24.2. The first-order valence-electron chi connectivity index (χ1n) is 17.3. The van der Waals surface area contributed by atoms with Gasteiger partial charge in [-0.2, -0.15) is 26.7 Å². The van der Waals surface area contributed by atoms with Crippen LogP contribution in [0, 0.1) is 5.92 Å². The quantitative estimate of drug-likeness (QED) is 0.181. The number of carboxylic acids is 1. The van der Waals surface area contributed by atoms with Crippen LogP contribution >= 0.6 is 11.6 Å². The molecule has 1 amide bonds. The molecule has 4 N–H and O–H groups in total. The number of piperidine rings is 1. The lowest BCUT2D eigenvalue weighted by Crippen LogP contribution is -2.60. The number of benzene rings is 3. The molecule has 0 radical (unpaired) electrons. The second-order valence-corrected chi connectivity index (χ2v) is 15.9. The molecule has 2 heterocycles. The van der Waals surface area contributed by atoms with Crippen molar-refractivity contribution in [3.8, 4) is 16.9 Å². The summed E-state index contributed by atoms with van der Waals surface area (Å²) in [7, 11) is -4.54. The molecule has 2 unspecified atom stereocenters. The normalized spacial score (nSPS) is 21.3. The summed E-state index contributed by atoms with van der Waals surface area (Å²) in [6, 6.07) is 15.1. The first kappa shape index (κ1) is 40.4. The molecule has 2 bridgehead atoms. The lowest BCUT2D eigenvalue weighted by atomic mass is 9.90. The zero-order chi connectivity index (χ0) is 38.6. The molecular weight excluding hydrogens is 745 g/mol. The number of amides is 1. The first-order chi connectivity index (χ1) is 25.0. The lowest BCUT2D eigenvalue weighted by molar-refractivity contribution is -0.192. The third-order valence-corrected chi connectivity index (χ3v) is 11.6. The molecular formula is C37H41ClF5N3O6S. The maximum Gasteiger partial charge on any atom is 0.490 e. The number of carbonyl (C=O) groups is 2. The molecule has 2 aliphatic heterocycles. The highest BCUT2D eigenvalue weighted by Gasteiger charge is 2.53. The monoisotopic (exact) mass is 785 g/mol. The number of hydrogen-bond acceptors (Lipinski definition) is 6. The van der Waals surface area contributed by atoms with Gasteiger partial charge in [-0.1, -0.05) is 67.3 Å². The molecule has 1 aliphatic carbocycles. The van der Waals surface area contributed by atoms with Crippen LogP contribution in [-0.2, 0) is 25.5 Å². The number of alkyl halides is 5. The second-order valence-electron chi connectivity index (χ2n) is 13.7. The van der Waals surface area contributed by atoms with Crippen LogP contribution in [0.4, 0.5) is 22.0 Å². The van der Waals surface area contributed by atoms with E-state index in [1.165, 1.54) is 72.7 Å². The van der Waals surface area contributed by atoms with Crippen LogP contribution < -0.4 is 15.2 Å². The Labute approximate surface area is 309 Å². The fourth-order valence-electron chi connectivity index (χ4n) is 7.21. The van der Waals surface area contributed by atoms with E-state index in [4.69, 9.17) is 32.0 Å². The highest BCUT2D eigenvalue weighted by molar-refractivity contribution is 7.89. The van der Waals surface area contributed by atoms with E-state index in [9.17, 15) is 26.4 Å². The highest BCUT2D eigenvalue weighted by atomic mass is 35.5. The van der Waals surface area contributed by atoms with Crippen molar-refractivity contribution in [1.82, 2.24) is 9.62 Å². The Bertz CT molecular complexity index is 1810. The van der Waals surface area contributed by atoms with Crippen molar-refractivity contribution in [2.75, 3.05) is 6.61 Å². The Balaban J connectivity index is 0.000000705. The molecule has 2 saturated heterocycles. The van der Waals surface area contributed by atoms with Gasteiger partial charge in [0.1, 0.15) is 5.75 Å². The molecule has 3 aliphatic rings. The van der Waals surface area contributed by atoms with Crippen molar-refractivity contribution >= 4 is 33.5 Å². The van der Waals surface area contributed by atoms with Crippen molar-refractivity contribution in [2.45, 2.75) is 98.9 Å². The minimum atomic E-state index is -5.08. The Kier molecular flexibility index (Phi) is 12.7. The van der Waals surface area contributed by atoms with Crippen LogP contribution in [0.15, 0.2) is 77.7 Å². The van der Waals surface area contributed by atoms with E-state index in [-0.39, 0.29) is 23.0 Å². The summed E-state index contributed by atoms with van der Waals surface area (Å²) >= 11 is 5.99. The molecule has 3 atom stereocenters. The average Bonchev–Trinajstić information content (AvgIpc) is 3.40. The van der Waals surface area contributed by atoms with Gasteiger partial charge in [-0.05, 0) is 92.0 Å². The molecule has 6 rings (SSSR count). The van der Waals surface area contributed by atoms with Crippen molar-refractivity contribution in [2.24, 2.45) is 11.7 Å². The fraction of sp³-hybridized carbons (Fsp3) is 0.459. The van der Waals surface area contributed by atoms with Crippen LogP contribution in [0.5, 0.6) is 5.75 Å². The zero-order valence-corrected chi connectivity index (χ0v) is 30.1. The zero-order valence-electron chi connectivity index (χ0n) is 28.6. The number of hydrogen-bond donors (Lipinski definition) is 3. The van der Waals surface area contributed by atoms with Crippen molar-refractivity contribution in [3.63, 3.8) is 0 Å². The number of halogens is 6. The van der Waals surface area contributed by atoms with E-state index in [0.29, 0.717) is 54.5 Å². The van der Waals surface area contributed by atoms with Crippen molar-refractivity contribution in [1.29, 1.82) is 0 Å². The van der Waals surface area contributed by atoms with E-state index in [0.717, 1.165) is 18.4 Å². The standard InChI is InChI=1S/C35H40ClF2N3O4S.C2HF3O2/c36-27-12-8-25(9-13-27)24-6-10-26(11-7-24)35(37,38)33(34(42)41-29-14-15-30(41)21-28(39)20-29)40-46(43,44)32-18-16-31(17-19-32)45-22-23-4-2-1-3-5-23;3-2(4,5)1(6)7/h6-13,16-19,23,28-30,33,40H,1-5,14-15,20-22,39H2;(H,6,7)/t28?,29?,30?,33-;/m1./s1. The number of ether oxygens (including phenoxy) is 1. The van der Waals surface area contributed by atoms with Crippen LogP contribution in [0.25, 0.3) is 11.1 Å². The van der Waals surface area contributed by atoms with Gasteiger partial charge in [0.25, 0.3) is 5.92 Å². The number of carboxylic acid groups (broad SMARTS) is 1. The van der Waals surface area contributed by atoms with E-state index in [1.54, 1.807) is 24.3 Å². The summed E-state index contributed by atoms with van der Waals surface area (Å²) < 4.78 is 100. The predicted molar refractivity (Wildman–Crippen MR) is 188 cm³/mol. The number of nitrogens with zero attached hydrogens (tertiary/aromatic N) is 1. The number of sulfonamides is 1. The first-order valence-corrected chi connectivity index (χ1v) is 19.2. The number of rotatable bonds is 10. The Morgan fingerprint density at radius 1 is 0.849 bits per heavy atom. The van der Waals surface area contributed by atoms with E-state index in [1.807, 2.05) is 0 Å². The summed E-state index contributed by atoms with van der Waals surface area (Å²) in [5.74, 6) is -6.60. The number of nitrogens with two attached hydrogens (primary N) is 1. The fourth-order valence-corrected chi connectivity index (χ4v) is 8.52. The number of carbonyl (C=O) groups excluding carboxylic acids is 1. The van der Waals surface area contributed by atoms with Crippen LogP contribution in [0.3, 0.4) is 0 Å². The molecule has 1 saturated carbocycles. The van der Waals surface area contributed by atoms with Gasteiger partial charge in [-0.15, -0.1) is 0 Å². The second kappa shape index (κ2) is 16.7. The summed E-state index contributed by atoms with van der Waals surface area (Å²) in [6.07, 6.45) is 3.00. The number of nitrogens with one attached hydrogen (secondary N) is 1. The van der Waals surface area contributed by atoms with E-state index >= 15 is 8.78 Å². The predicted octanol–water partition coefficient (Wildman–Crippen LogP) is 7.52. The van der Waals surface area contributed by atoms with Gasteiger partial charge >= 0.3 is 12.1 Å².